The lowest BCUT2D eigenvalue weighted by Gasteiger charge is -2.10. The number of nitrogens with two attached hydrogens (primary N) is 1. The van der Waals surface area contributed by atoms with Crippen LogP contribution in [0.1, 0.15) is 24.8 Å². The van der Waals surface area contributed by atoms with Crippen LogP contribution in [0.4, 0.5) is 0 Å². The zero-order chi connectivity index (χ0) is 15.1. The van der Waals surface area contributed by atoms with Crippen molar-refractivity contribution in [2.75, 3.05) is 26.3 Å². The maximum Gasteiger partial charge on any atom is 0.240 e. The predicted molar refractivity (Wildman–Crippen MR) is 82.5 cm³/mol. The van der Waals surface area contributed by atoms with Crippen molar-refractivity contribution in [1.29, 1.82) is 0 Å². The summed E-state index contributed by atoms with van der Waals surface area (Å²) in [4.78, 5) is 0.321. The second kappa shape index (κ2) is 7.89. The first-order valence-electron chi connectivity index (χ1n) is 7.48. The van der Waals surface area contributed by atoms with Crippen molar-refractivity contribution < 1.29 is 13.2 Å². The summed E-state index contributed by atoms with van der Waals surface area (Å²) in [6, 6.07) is 7.03. The first kappa shape index (κ1) is 16.4. The molecular formula is C15H24N2O3S. The van der Waals surface area contributed by atoms with Crippen LogP contribution in [-0.4, -0.2) is 34.7 Å². The highest BCUT2D eigenvalue weighted by atomic mass is 32.2. The minimum atomic E-state index is -3.40. The van der Waals surface area contributed by atoms with E-state index in [2.05, 4.69) is 4.72 Å². The summed E-state index contributed by atoms with van der Waals surface area (Å²) in [6.45, 7) is 2.65. The Hall–Kier alpha value is -0.950. The quantitative estimate of drug-likeness (QED) is 0.758. The Morgan fingerprint density at radius 2 is 2.05 bits per heavy atom. The van der Waals surface area contributed by atoms with Gasteiger partial charge in [-0.2, -0.15) is 0 Å². The zero-order valence-corrected chi connectivity index (χ0v) is 13.1. The SMILES string of the molecule is NCCCc1ccc(S(=O)(=O)NCCC2CCOC2)cc1. The van der Waals surface area contributed by atoms with Crippen LogP contribution in [0.15, 0.2) is 29.2 Å². The van der Waals surface area contributed by atoms with Crippen molar-refractivity contribution in [2.24, 2.45) is 11.7 Å². The predicted octanol–water partition coefficient (Wildman–Crippen LogP) is 1.28. The highest BCUT2D eigenvalue weighted by Crippen LogP contribution is 2.16. The third-order valence-electron chi connectivity index (χ3n) is 3.77. The summed E-state index contributed by atoms with van der Waals surface area (Å²) >= 11 is 0. The summed E-state index contributed by atoms with van der Waals surface area (Å²) < 4.78 is 32.3. The standard InChI is InChI=1S/C15H24N2O3S/c16-9-1-2-13-3-5-15(6-4-13)21(18,19)17-10-7-14-8-11-20-12-14/h3-6,14,17H,1-2,7-12,16H2. The molecule has 2 rings (SSSR count). The van der Waals surface area contributed by atoms with E-state index in [1.165, 1.54) is 0 Å². The second-order valence-electron chi connectivity index (χ2n) is 5.45. The highest BCUT2D eigenvalue weighted by molar-refractivity contribution is 7.89. The van der Waals surface area contributed by atoms with Crippen LogP contribution in [0.3, 0.4) is 0 Å². The van der Waals surface area contributed by atoms with Gasteiger partial charge in [-0.1, -0.05) is 12.1 Å². The molecule has 118 valence electrons. The van der Waals surface area contributed by atoms with Gasteiger partial charge in [0.2, 0.25) is 10.0 Å². The fourth-order valence-electron chi connectivity index (χ4n) is 2.43. The molecule has 1 aromatic rings. The van der Waals surface area contributed by atoms with Crippen LogP contribution < -0.4 is 10.5 Å². The molecule has 21 heavy (non-hydrogen) atoms. The molecule has 1 aromatic carbocycles. The van der Waals surface area contributed by atoms with Gasteiger partial charge in [-0.15, -0.1) is 0 Å². The van der Waals surface area contributed by atoms with Crippen LogP contribution in [0.5, 0.6) is 0 Å². The van der Waals surface area contributed by atoms with Crippen molar-refractivity contribution in [3.63, 3.8) is 0 Å². The maximum absolute atomic E-state index is 12.2. The first-order chi connectivity index (χ1) is 10.1. The van der Waals surface area contributed by atoms with Gasteiger partial charge < -0.3 is 10.5 Å². The minimum Gasteiger partial charge on any atom is -0.381 e. The van der Waals surface area contributed by atoms with Crippen LogP contribution in [0.25, 0.3) is 0 Å². The molecule has 0 bridgehead atoms. The average molecular weight is 312 g/mol. The van der Waals surface area contributed by atoms with Gasteiger partial charge in [0.25, 0.3) is 0 Å². The molecule has 0 aliphatic carbocycles. The first-order valence-corrected chi connectivity index (χ1v) is 8.96. The van der Waals surface area contributed by atoms with Crippen molar-refractivity contribution in [1.82, 2.24) is 4.72 Å². The van der Waals surface area contributed by atoms with E-state index in [-0.39, 0.29) is 0 Å². The average Bonchev–Trinajstić information content (AvgIpc) is 2.98. The van der Waals surface area contributed by atoms with Crippen molar-refractivity contribution >= 4 is 10.0 Å². The Balaban J connectivity index is 1.85. The molecule has 1 unspecified atom stereocenters. The number of hydrogen-bond donors (Lipinski definition) is 2. The molecule has 0 radical (unpaired) electrons. The van der Waals surface area contributed by atoms with Crippen molar-refractivity contribution in [3.8, 4) is 0 Å². The number of benzene rings is 1. The van der Waals surface area contributed by atoms with E-state index < -0.39 is 10.0 Å². The second-order valence-corrected chi connectivity index (χ2v) is 7.22. The van der Waals surface area contributed by atoms with E-state index in [0.29, 0.717) is 23.9 Å². The number of nitrogens with one attached hydrogen (secondary N) is 1. The molecule has 1 fully saturated rings. The molecule has 1 saturated heterocycles. The smallest absolute Gasteiger partial charge is 0.240 e. The Kier molecular flexibility index (Phi) is 6.17. The molecule has 0 aromatic heterocycles. The molecule has 0 spiro atoms. The molecule has 1 atom stereocenters. The van der Waals surface area contributed by atoms with Gasteiger partial charge in [-0.25, -0.2) is 13.1 Å². The van der Waals surface area contributed by atoms with E-state index in [1.54, 1.807) is 12.1 Å². The van der Waals surface area contributed by atoms with Gasteiger partial charge in [0.15, 0.2) is 0 Å². The third-order valence-corrected chi connectivity index (χ3v) is 5.25. The Labute approximate surface area is 126 Å². The normalized spacial score (nSPS) is 19.0. The monoisotopic (exact) mass is 312 g/mol. The summed E-state index contributed by atoms with van der Waals surface area (Å²) in [6.07, 6.45) is 3.64. The van der Waals surface area contributed by atoms with E-state index in [4.69, 9.17) is 10.5 Å². The minimum absolute atomic E-state index is 0.321. The summed E-state index contributed by atoms with van der Waals surface area (Å²) in [5, 5.41) is 0. The summed E-state index contributed by atoms with van der Waals surface area (Å²) in [7, 11) is -3.40. The van der Waals surface area contributed by atoms with E-state index >= 15 is 0 Å². The molecule has 1 aliphatic heterocycles. The van der Waals surface area contributed by atoms with Crippen molar-refractivity contribution in [2.45, 2.75) is 30.6 Å². The maximum atomic E-state index is 12.2. The van der Waals surface area contributed by atoms with Gasteiger partial charge in [0, 0.05) is 19.8 Å². The molecule has 5 nitrogen and oxygen atoms in total. The number of ether oxygens (including phenoxy) is 1. The Bertz CT molecular complexity index is 522. The van der Waals surface area contributed by atoms with Gasteiger partial charge in [0.05, 0.1) is 4.90 Å². The van der Waals surface area contributed by atoms with Gasteiger partial charge in [0.1, 0.15) is 0 Å². The lowest BCUT2D eigenvalue weighted by Crippen LogP contribution is -2.26. The number of hydrogen-bond acceptors (Lipinski definition) is 4. The van der Waals surface area contributed by atoms with Crippen LogP contribution in [0, 0.1) is 5.92 Å². The Morgan fingerprint density at radius 3 is 2.67 bits per heavy atom. The lowest BCUT2D eigenvalue weighted by atomic mass is 10.1. The molecular weight excluding hydrogens is 288 g/mol. The molecule has 1 heterocycles. The molecule has 3 N–H and O–H groups in total. The van der Waals surface area contributed by atoms with Gasteiger partial charge in [-0.3, -0.25) is 0 Å². The lowest BCUT2D eigenvalue weighted by molar-refractivity contribution is 0.184. The topological polar surface area (TPSA) is 81.4 Å². The van der Waals surface area contributed by atoms with E-state index in [0.717, 1.165) is 44.5 Å². The van der Waals surface area contributed by atoms with Gasteiger partial charge in [-0.05, 0) is 55.8 Å². The molecule has 1 aliphatic rings. The summed E-state index contributed by atoms with van der Waals surface area (Å²) in [5.74, 6) is 0.478. The molecule has 6 heteroatoms. The zero-order valence-electron chi connectivity index (χ0n) is 12.3. The van der Waals surface area contributed by atoms with E-state index in [1.807, 2.05) is 12.1 Å². The number of aryl methyl sites for hydroxylation is 1. The fraction of sp³-hybridized carbons (Fsp3) is 0.600. The fourth-order valence-corrected chi connectivity index (χ4v) is 3.48. The molecule has 0 amide bonds. The third kappa shape index (κ3) is 5.07. The summed E-state index contributed by atoms with van der Waals surface area (Å²) in [5.41, 5.74) is 6.58. The van der Waals surface area contributed by atoms with Crippen molar-refractivity contribution in [3.05, 3.63) is 29.8 Å². The largest absolute Gasteiger partial charge is 0.381 e. The number of rotatable bonds is 8. The Morgan fingerprint density at radius 1 is 1.29 bits per heavy atom. The highest BCUT2D eigenvalue weighted by Gasteiger charge is 2.18. The molecule has 0 saturated carbocycles. The van der Waals surface area contributed by atoms with E-state index in [9.17, 15) is 8.42 Å². The number of sulfonamides is 1. The van der Waals surface area contributed by atoms with Crippen LogP contribution in [-0.2, 0) is 21.2 Å². The van der Waals surface area contributed by atoms with Gasteiger partial charge >= 0.3 is 0 Å². The van der Waals surface area contributed by atoms with Crippen LogP contribution >= 0.6 is 0 Å². The van der Waals surface area contributed by atoms with Crippen LogP contribution in [0.2, 0.25) is 0 Å².